The third-order valence-electron chi connectivity index (χ3n) is 0.881. The molecule has 0 saturated carbocycles. The Labute approximate surface area is 52.0 Å². The van der Waals surface area contributed by atoms with Crippen LogP contribution in [-0.4, -0.2) is 17.4 Å². The van der Waals surface area contributed by atoms with E-state index >= 15 is 0 Å². The summed E-state index contributed by atoms with van der Waals surface area (Å²) in [5, 5.41) is 8.19. The van der Waals surface area contributed by atoms with Crippen LogP contribution in [0.4, 0.5) is 0 Å². The number of nitrogens with two attached hydrogens (primary N) is 1. The summed E-state index contributed by atoms with van der Waals surface area (Å²) in [5.74, 6) is -1.17. The van der Waals surface area contributed by atoms with E-state index in [1.54, 1.807) is 0 Å². The first-order valence-electron chi connectivity index (χ1n) is 2.24. The number of aliphatic carboxylic acids is 1. The summed E-state index contributed by atoms with van der Waals surface area (Å²) in [6.45, 7) is 1.27. The first-order valence-corrected chi connectivity index (χ1v) is 2.24. The SMILES string of the molecule is C/C(C(=O)O)=C(\N)C=O. The molecule has 0 amide bonds. The van der Waals surface area contributed by atoms with Crippen LogP contribution >= 0.6 is 0 Å². The molecule has 0 spiro atoms. The lowest BCUT2D eigenvalue weighted by atomic mass is 10.2. The molecule has 50 valence electrons. The summed E-state index contributed by atoms with van der Waals surface area (Å²) < 4.78 is 0. The second-order valence-electron chi connectivity index (χ2n) is 1.50. The summed E-state index contributed by atoms with van der Waals surface area (Å²) >= 11 is 0. The largest absolute Gasteiger partial charge is 0.478 e. The highest BCUT2D eigenvalue weighted by Crippen LogP contribution is 1.93. The van der Waals surface area contributed by atoms with Crippen LogP contribution in [0.15, 0.2) is 11.3 Å². The van der Waals surface area contributed by atoms with Crippen molar-refractivity contribution in [2.24, 2.45) is 5.73 Å². The molecule has 0 aliphatic heterocycles. The zero-order valence-electron chi connectivity index (χ0n) is 4.92. The Morgan fingerprint density at radius 2 is 2.11 bits per heavy atom. The van der Waals surface area contributed by atoms with Crippen LogP contribution in [0.1, 0.15) is 6.92 Å². The topological polar surface area (TPSA) is 80.4 Å². The van der Waals surface area contributed by atoms with Crippen LogP contribution in [0.25, 0.3) is 0 Å². The maximum Gasteiger partial charge on any atom is 0.333 e. The zero-order chi connectivity index (χ0) is 7.44. The van der Waals surface area contributed by atoms with Crippen molar-refractivity contribution >= 4 is 12.3 Å². The Hall–Kier alpha value is -1.32. The first-order chi connectivity index (χ1) is 4.09. The summed E-state index contributed by atoms with van der Waals surface area (Å²) in [5.41, 5.74) is 4.59. The van der Waals surface area contributed by atoms with Crippen LogP contribution < -0.4 is 5.73 Å². The van der Waals surface area contributed by atoms with E-state index in [9.17, 15) is 9.59 Å². The quantitative estimate of drug-likeness (QED) is 0.389. The zero-order valence-corrected chi connectivity index (χ0v) is 4.92. The van der Waals surface area contributed by atoms with Gasteiger partial charge in [0, 0.05) is 0 Å². The van der Waals surface area contributed by atoms with Crippen LogP contribution in [0.3, 0.4) is 0 Å². The molecule has 0 unspecified atom stereocenters. The lowest BCUT2D eigenvalue weighted by molar-refractivity contribution is -0.132. The van der Waals surface area contributed by atoms with E-state index in [-0.39, 0.29) is 11.3 Å². The van der Waals surface area contributed by atoms with Crippen molar-refractivity contribution in [3.63, 3.8) is 0 Å². The highest BCUT2D eigenvalue weighted by atomic mass is 16.4. The van der Waals surface area contributed by atoms with E-state index in [1.165, 1.54) is 6.92 Å². The van der Waals surface area contributed by atoms with Gasteiger partial charge in [0.1, 0.15) is 0 Å². The maximum atomic E-state index is 10.0. The van der Waals surface area contributed by atoms with Gasteiger partial charge in [0.05, 0.1) is 11.3 Å². The highest BCUT2D eigenvalue weighted by Gasteiger charge is 2.03. The standard InChI is InChI=1S/C5H7NO3/c1-3(5(8)9)4(6)2-7/h2H,6H2,1H3,(H,8,9)/b4-3+. The lowest BCUT2D eigenvalue weighted by Gasteiger charge is -1.91. The summed E-state index contributed by atoms with van der Waals surface area (Å²) in [7, 11) is 0. The molecule has 0 aromatic rings. The van der Waals surface area contributed by atoms with Gasteiger partial charge in [-0.2, -0.15) is 0 Å². The van der Waals surface area contributed by atoms with Gasteiger partial charge in [-0.25, -0.2) is 4.79 Å². The van der Waals surface area contributed by atoms with Crippen LogP contribution in [0.2, 0.25) is 0 Å². The minimum absolute atomic E-state index is 0.120. The van der Waals surface area contributed by atoms with Crippen molar-refractivity contribution in [3.8, 4) is 0 Å². The molecule has 0 aromatic heterocycles. The van der Waals surface area contributed by atoms with Gasteiger partial charge in [0.25, 0.3) is 0 Å². The number of aldehydes is 1. The minimum Gasteiger partial charge on any atom is -0.478 e. The van der Waals surface area contributed by atoms with Crippen molar-refractivity contribution in [1.29, 1.82) is 0 Å². The molecule has 0 heterocycles. The molecule has 4 heteroatoms. The van der Waals surface area contributed by atoms with Gasteiger partial charge in [0.2, 0.25) is 0 Å². The lowest BCUT2D eigenvalue weighted by Crippen LogP contribution is -2.08. The van der Waals surface area contributed by atoms with Crippen LogP contribution in [-0.2, 0) is 9.59 Å². The number of allylic oxidation sites excluding steroid dienone is 1. The van der Waals surface area contributed by atoms with Gasteiger partial charge in [-0.3, -0.25) is 4.79 Å². The number of hydrogen-bond donors (Lipinski definition) is 2. The number of carboxylic acid groups (broad SMARTS) is 1. The monoisotopic (exact) mass is 129 g/mol. The second-order valence-corrected chi connectivity index (χ2v) is 1.50. The average Bonchev–Trinajstić information content (AvgIpc) is 1.84. The van der Waals surface area contributed by atoms with Gasteiger partial charge < -0.3 is 10.8 Å². The van der Waals surface area contributed by atoms with Crippen molar-refractivity contribution in [3.05, 3.63) is 11.3 Å². The van der Waals surface area contributed by atoms with Gasteiger partial charge in [-0.05, 0) is 6.92 Å². The summed E-state index contributed by atoms with van der Waals surface area (Å²) in [6.07, 6.45) is 0.309. The maximum absolute atomic E-state index is 10.0. The first kappa shape index (κ1) is 7.68. The van der Waals surface area contributed by atoms with Crippen molar-refractivity contribution in [2.45, 2.75) is 6.92 Å². The molecule has 0 radical (unpaired) electrons. The number of carbonyl (C=O) groups is 2. The van der Waals surface area contributed by atoms with E-state index in [2.05, 4.69) is 0 Å². The number of hydrogen-bond acceptors (Lipinski definition) is 3. The molecule has 0 bridgehead atoms. The second kappa shape index (κ2) is 2.86. The predicted molar refractivity (Wildman–Crippen MR) is 30.6 cm³/mol. The number of rotatable bonds is 2. The highest BCUT2D eigenvalue weighted by molar-refractivity contribution is 5.92. The normalized spacial score (nSPS) is 12.1. The molecule has 3 N–H and O–H groups in total. The Balaban J connectivity index is 4.47. The van der Waals surface area contributed by atoms with E-state index in [4.69, 9.17) is 10.8 Å². The molecule has 0 atom stereocenters. The van der Waals surface area contributed by atoms with Crippen molar-refractivity contribution in [1.82, 2.24) is 0 Å². The molecular formula is C5H7NO3. The fourth-order valence-corrected chi connectivity index (χ4v) is 0.212. The van der Waals surface area contributed by atoms with E-state index in [0.29, 0.717) is 6.29 Å². The Kier molecular flexibility index (Phi) is 2.44. The third-order valence-corrected chi connectivity index (χ3v) is 0.881. The molecule has 4 nitrogen and oxygen atoms in total. The summed E-state index contributed by atoms with van der Waals surface area (Å²) in [4.78, 5) is 19.8. The van der Waals surface area contributed by atoms with Crippen LogP contribution in [0, 0.1) is 0 Å². The van der Waals surface area contributed by atoms with E-state index < -0.39 is 5.97 Å². The Morgan fingerprint density at radius 1 is 1.67 bits per heavy atom. The summed E-state index contributed by atoms with van der Waals surface area (Å²) in [6, 6.07) is 0. The minimum atomic E-state index is -1.17. The molecule has 0 saturated heterocycles. The third kappa shape index (κ3) is 1.94. The van der Waals surface area contributed by atoms with Gasteiger partial charge in [0.15, 0.2) is 6.29 Å². The molecule has 9 heavy (non-hydrogen) atoms. The van der Waals surface area contributed by atoms with Crippen molar-refractivity contribution < 1.29 is 14.7 Å². The molecule has 0 aliphatic rings. The van der Waals surface area contributed by atoms with Gasteiger partial charge in [-0.15, -0.1) is 0 Å². The van der Waals surface area contributed by atoms with Crippen LogP contribution in [0.5, 0.6) is 0 Å². The van der Waals surface area contributed by atoms with Gasteiger partial charge in [-0.1, -0.05) is 0 Å². The smallest absolute Gasteiger partial charge is 0.333 e. The molecule has 0 rings (SSSR count). The van der Waals surface area contributed by atoms with E-state index in [1.807, 2.05) is 0 Å². The van der Waals surface area contributed by atoms with E-state index in [0.717, 1.165) is 0 Å². The fourth-order valence-electron chi connectivity index (χ4n) is 0.212. The predicted octanol–water partition coefficient (Wildman–Crippen LogP) is -0.497. The average molecular weight is 129 g/mol. The number of carbonyl (C=O) groups excluding carboxylic acids is 1. The Morgan fingerprint density at radius 3 is 2.22 bits per heavy atom. The van der Waals surface area contributed by atoms with Gasteiger partial charge >= 0.3 is 5.97 Å². The molecular weight excluding hydrogens is 122 g/mol. The molecule has 0 fully saturated rings. The number of carboxylic acids is 1. The van der Waals surface area contributed by atoms with Crippen molar-refractivity contribution in [2.75, 3.05) is 0 Å². The molecule has 0 aliphatic carbocycles. The Bertz CT molecular complexity index is 171. The molecule has 0 aromatic carbocycles. The fraction of sp³-hybridized carbons (Fsp3) is 0.200.